The molecule has 130 valence electrons. The van der Waals surface area contributed by atoms with E-state index in [0.29, 0.717) is 13.2 Å². The molecule has 0 bridgehead atoms. The van der Waals surface area contributed by atoms with E-state index < -0.39 is 11.9 Å². The minimum Gasteiger partial charge on any atom is -0.444 e. The molecule has 3 heterocycles. The van der Waals surface area contributed by atoms with Crippen LogP contribution in [0, 0.1) is 0 Å². The van der Waals surface area contributed by atoms with E-state index in [9.17, 15) is 4.79 Å². The fraction of sp³-hybridized carbons (Fsp3) is 0.611. The number of epoxide rings is 1. The number of carbonyl (C=O) groups excluding carboxylic acids is 1. The Hall–Kier alpha value is -1.63. The molecule has 1 amide bonds. The molecule has 5 atom stereocenters. The quantitative estimate of drug-likeness (QED) is 0.739. The molecule has 0 radical (unpaired) electrons. The lowest BCUT2D eigenvalue weighted by Gasteiger charge is -2.44. The average Bonchev–Trinajstić information content (AvgIpc) is 3.32. The molecule has 3 fully saturated rings. The second-order valence-corrected chi connectivity index (χ2v) is 7.52. The molecular formula is C18H23NO5. The number of amides is 1. The van der Waals surface area contributed by atoms with Gasteiger partial charge in [0.2, 0.25) is 0 Å². The van der Waals surface area contributed by atoms with Crippen molar-refractivity contribution in [1.82, 2.24) is 4.90 Å². The van der Waals surface area contributed by atoms with Crippen LogP contribution in [0.2, 0.25) is 0 Å². The minimum absolute atomic E-state index is 0.0355. The Kier molecular flexibility index (Phi) is 3.78. The molecule has 0 spiro atoms. The summed E-state index contributed by atoms with van der Waals surface area (Å²) in [5, 5.41) is 0. The van der Waals surface area contributed by atoms with E-state index in [4.69, 9.17) is 18.9 Å². The van der Waals surface area contributed by atoms with Gasteiger partial charge in [0.1, 0.15) is 23.9 Å². The highest BCUT2D eigenvalue weighted by molar-refractivity contribution is 5.69. The Morgan fingerprint density at radius 2 is 1.92 bits per heavy atom. The van der Waals surface area contributed by atoms with Crippen LogP contribution in [0.25, 0.3) is 0 Å². The van der Waals surface area contributed by atoms with E-state index >= 15 is 0 Å². The van der Waals surface area contributed by atoms with Crippen molar-refractivity contribution in [2.24, 2.45) is 0 Å². The van der Waals surface area contributed by atoms with Crippen LogP contribution < -0.4 is 0 Å². The first-order chi connectivity index (χ1) is 11.4. The number of carbonyl (C=O) groups is 1. The summed E-state index contributed by atoms with van der Waals surface area (Å²) in [5.41, 5.74) is 0.444. The maximum absolute atomic E-state index is 12.5. The van der Waals surface area contributed by atoms with Crippen LogP contribution in [0.4, 0.5) is 4.79 Å². The number of hydrogen-bond acceptors (Lipinski definition) is 5. The van der Waals surface area contributed by atoms with E-state index in [1.807, 2.05) is 51.1 Å². The monoisotopic (exact) mass is 333 g/mol. The number of ether oxygens (including phenoxy) is 4. The second-order valence-electron chi connectivity index (χ2n) is 7.52. The Morgan fingerprint density at radius 1 is 1.17 bits per heavy atom. The molecule has 0 aromatic heterocycles. The summed E-state index contributed by atoms with van der Waals surface area (Å²) < 4.78 is 23.3. The van der Waals surface area contributed by atoms with Crippen LogP contribution in [0.15, 0.2) is 30.3 Å². The van der Waals surface area contributed by atoms with E-state index in [2.05, 4.69) is 0 Å². The van der Waals surface area contributed by atoms with Crippen molar-refractivity contribution in [2.45, 2.75) is 57.0 Å². The number of likely N-dealkylation sites (tertiary alicyclic amines) is 1. The largest absolute Gasteiger partial charge is 0.444 e. The molecule has 24 heavy (non-hydrogen) atoms. The summed E-state index contributed by atoms with van der Waals surface area (Å²) >= 11 is 0. The molecule has 6 heteroatoms. The van der Waals surface area contributed by atoms with Crippen molar-refractivity contribution in [1.29, 1.82) is 0 Å². The smallest absolute Gasteiger partial charge is 0.410 e. The van der Waals surface area contributed by atoms with Crippen LogP contribution >= 0.6 is 0 Å². The maximum Gasteiger partial charge on any atom is 0.410 e. The first kappa shape index (κ1) is 15.9. The lowest BCUT2D eigenvalue weighted by atomic mass is 9.98. The van der Waals surface area contributed by atoms with Gasteiger partial charge >= 0.3 is 6.09 Å². The van der Waals surface area contributed by atoms with Crippen LogP contribution in [-0.4, -0.2) is 54.1 Å². The number of hydrogen-bond donors (Lipinski definition) is 0. The topological polar surface area (TPSA) is 60.5 Å². The molecule has 0 N–H and O–H groups in total. The predicted molar refractivity (Wildman–Crippen MR) is 85.4 cm³/mol. The van der Waals surface area contributed by atoms with Crippen LogP contribution in [0.3, 0.4) is 0 Å². The standard InChI is InChI=1S/C18H23NO5/c1-18(2,3)24-17(20)19-9-13-15(22-13)14-12(19)10-21-16(23-14)11-7-5-4-6-8-11/h4-8,12-16H,9-10H2,1-3H3/t12-,13-,14+,15-,16-/m0/s1. The van der Waals surface area contributed by atoms with Crippen molar-refractivity contribution >= 4 is 6.09 Å². The number of rotatable bonds is 1. The van der Waals surface area contributed by atoms with Gasteiger partial charge in [0.15, 0.2) is 6.29 Å². The average molecular weight is 333 g/mol. The van der Waals surface area contributed by atoms with Crippen molar-refractivity contribution in [2.75, 3.05) is 13.2 Å². The first-order valence-electron chi connectivity index (χ1n) is 8.39. The lowest BCUT2D eigenvalue weighted by Crippen LogP contribution is -2.60. The summed E-state index contributed by atoms with van der Waals surface area (Å²) in [5.74, 6) is 0. The van der Waals surface area contributed by atoms with Gasteiger partial charge in [-0.3, -0.25) is 4.90 Å². The van der Waals surface area contributed by atoms with Gasteiger partial charge in [-0.1, -0.05) is 30.3 Å². The minimum atomic E-state index is -0.531. The molecule has 6 nitrogen and oxygen atoms in total. The van der Waals surface area contributed by atoms with Gasteiger partial charge < -0.3 is 18.9 Å². The zero-order valence-electron chi connectivity index (χ0n) is 14.2. The van der Waals surface area contributed by atoms with Crippen LogP contribution in [0.1, 0.15) is 32.6 Å². The molecule has 0 saturated carbocycles. The van der Waals surface area contributed by atoms with Crippen molar-refractivity contribution in [3.8, 4) is 0 Å². The van der Waals surface area contributed by atoms with Gasteiger partial charge in [0.05, 0.1) is 19.2 Å². The van der Waals surface area contributed by atoms with E-state index in [1.165, 1.54) is 0 Å². The van der Waals surface area contributed by atoms with Gasteiger partial charge in [-0.05, 0) is 20.8 Å². The van der Waals surface area contributed by atoms with Crippen molar-refractivity contribution in [3.05, 3.63) is 35.9 Å². The summed E-state index contributed by atoms with van der Waals surface area (Å²) in [6.45, 7) is 6.53. The first-order valence-corrected chi connectivity index (χ1v) is 8.39. The van der Waals surface area contributed by atoms with E-state index in [-0.39, 0.29) is 30.4 Å². The van der Waals surface area contributed by atoms with Crippen molar-refractivity contribution < 1.29 is 23.7 Å². The fourth-order valence-corrected chi connectivity index (χ4v) is 3.35. The summed E-state index contributed by atoms with van der Waals surface area (Å²) in [7, 11) is 0. The van der Waals surface area contributed by atoms with Crippen LogP contribution in [0.5, 0.6) is 0 Å². The maximum atomic E-state index is 12.5. The highest BCUT2D eigenvalue weighted by atomic mass is 16.7. The third-order valence-electron chi connectivity index (χ3n) is 4.50. The highest BCUT2D eigenvalue weighted by Crippen LogP contribution is 2.42. The van der Waals surface area contributed by atoms with E-state index in [0.717, 1.165) is 5.56 Å². The second kappa shape index (κ2) is 5.72. The summed E-state index contributed by atoms with van der Waals surface area (Å²) in [6.07, 6.45) is -0.861. The normalized spacial score (nSPS) is 35.0. The third kappa shape index (κ3) is 3.01. The lowest BCUT2D eigenvalue weighted by molar-refractivity contribution is -0.248. The predicted octanol–water partition coefficient (Wildman–Crippen LogP) is 2.49. The molecule has 3 aliphatic rings. The molecular weight excluding hydrogens is 310 g/mol. The summed E-state index contributed by atoms with van der Waals surface area (Å²) in [6, 6.07) is 9.65. The third-order valence-corrected chi connectivity index (χ3v) is 4.50. The van der Waals surface area contributed by atoms with E-state index in [1.54, 1.807) is 4.90 Å². The molecule has 1 aromatic carbocycles. The zero-order valence-corrected chi connectivity index (χ0v) is 14.2. The molecule has 3 saturated heterocycles. The Balaban J connectivity index is 1.50. The SMILES string of the molecule is CC(C)(C)OC(=O)N1C[C@@H]2O[C@@H]2[C@@H]2O[C@@H](c3ccccc3)OC[C@@H]21. The fourth-order valence-electron chi connectivity index (χ4n) is 3.35. The Morgan fingerprint density at radius 3 is 2.62 bits per heavy atom. The number of benzene rings is 1. The van der Waals surface area contributed by atoms with Gasteiger partial charge in [-0.2, -0.15) is 0 Å². The highest BCUT2D eigenvalue weighted by Gasteiger charge is 2.59. The van der Waals surface area contributed by atoms with Crippen molar-refractivity contribution in [3.63, 3.8) is 0 Å². The molecule has 3 aliphatic heterocycles. The molecule has 0 unspecified atom stereocenters. The Labute approximate surface area is 141 Å². The molecule has 1 aromatic rings. The number of nitrogens with zero attached hydrogens (tertiary/aromatic N) is 1. The van der Waals surface area contributed by atoms with Crippen LogP contribution in [-0.2, 0) is 18.9 Å². The van der Waals surface area contributed by atoms with Gasteiger partial charge in [-0.15, -0.1) is 0 Å². The molecule has 4 rings (SSSR count). The van der Waals surface area contributed by atoms with Gasteiger partial charge in [0, 0.05) is 5.56 Å². The molecule has 0 aliphatic carbocycles. The Bertz CT molecular complexity index is 614. The number of fused-ring (bicyclic) bond motifs is 3. The zero-order chi connectivity index (χ0) is 16.9. The van der Waals surface area contributed by atoms with Gasteiger partial charge in [-0.25, -0.2) is 4.79 Å². The van der Waals surface area contributed by atoms with Gasteiger partial charge in [0.25, 0.3) is 0 Å². The number of piperidine rings is 1. The summed E-state index contributed by atoms with van der Waals surface area (Å²) in [4.78, 5) is 14.2.